The number of benzene rings is 2. The van der Waals surface area contributed by atoms with Crippen LogP contribution in [0.4, 0.5) is 0 Å². The van der Waals surface area contributed by atoms with Crippen LogP contribution in [0, 0.1) is 6.92 Å². The average molecular weight is 442 g/mol. The van der Waals surface area contributed by atoms with Gasteiger partial charge >= 0.3 is 0 Å². The van der Waals surface area contributed by atoms with Crippen molar-refractivity contribution in [3.05, 3.63) is 76.3 Å². The Morgan fingerprint density at radius 1 is 0.848 bits per heavy atom. The second-order valence-electron chi connectivity index (χ2n) is 8.14. The molecule has 0 aliphatic carbocycles. The summed E-state index contributed by atoms with van der Waals surface area (Å²) in [5.41, 5.74) is 4.71. The van der Waals surface area contributed by atoms with Crippen LogP contribution in [-0.2, 0) is 24.2 Å². The number of para-hydroxylation sites is 2. The van der Waals surface area contributed by atoms with Gasteiger partial charge in [-0.1, -0.05) is 42.5 Å². The normalized spacial score (nSPS) is 11.7. The van der Waals surface area contributed by atoms with Crippen LogP contribution in [0.15, 0.2) is 59.4 Å². The lowest BCUT2D eigenvalue weighted by molar-refractivity contribution is 0.141. The van der Waals surface area contributed by atoms with Gasteiger partial charge in [0.1, 0.15) is 16.7 Å². The minimum atomic E-state index is -0.0676. The molecular formula is C26H27N5O2. The quantitative estimate of drug-likeness (QED) is 0.336. The molecule has 0 aliphatic rings. The molecule has 3 aromatic heterocycles. The zero-order valence-electron chi connectivity index (χ0n) is 19.0. The fourth-order valence-corrected chi connectivity index (χ4v) is 4.33. The molecule has 2 aromatic carbocycles. The van der Waals surface area contributed by atoms with E-state index in [1.165, 1.54) is 5.56 Å². The van der Waals surface area contributed by atoms with Gasteiger partial charge in [-0.05, 0) is 44.4 Å². The number of rotatable bonds is 8. The number of hydrogen-bond acceptors (Lipinski definition) is 5. The molecule has 5 rings (SSSR count). The van der Waals surface area contributed by atoms with Crippen molar-refractivity contribution in [1.82, 2.24) is 24.1 Å². The molecule has 33 heavy (non-hydrogen) atoms. The predicted molar refractivity (Wildman–Crippen MR) is 131 cm³/mol. The molecule has 0 fully saturated rings. The van der Waals surface area contributed by atoms with Crippen LogP contribution in [0.25, 0.3) is 33.2 Å². The first-order valence-electron chi connectivity index (χ1n) is 11.4. The topological polar surface area (TPSA) is 74.8 Å². The third-order valence-corrected chi connectivity index (χ3v) is 5.98. The number of aryl methyl sites for hydroxylation is 3. The molecule has 0 spiro atoms. The van der Waals surface area contributed by atoms with Gasteiger partial charge in [0.15, 0.2) is 11.3 Å². The molecule has 168 valence electrons. The van der Waals surface area contributed by atoms with E-state index in [9.17, 15) is 4.79 Å². The van der Waals surface area contributed by atoms with Gasteiger partial charge in [-0.25, -0.2) is 15.0 Å². The van der Waals surface area contributed by atoms with E-state index in [1.54, 1.807) is 4.57 Å². The van der Waals surface area contributed by atoms with Gasteiger partial charge < -0.3 is 9.30 Å². The van der Waals surface area contributed by atoms with Gasteiger partial charge in [0, 0.05) is 26.3 Å². The summed E-state index contributed by atoms with van der Waals surface area (Å²) >= 11 is 0. The molecule has 0 unspecified atom stereocenters. The largest absolute Gasteiger partial charge is 0.382 e. The number of fused-ring (bicyclic) bond motifs is 4. The first-order valence-corrected chi connectivity index (χ1v) is 11.4. The standard InChI is InChI=1S/C26H27N5O2/c1-3-33-17-9-15-30-18(2)27-24-22(26(30)32)23-25(29-21-13-8-7-12-20(21)28-23)31(24)16-14-19-10-5-4-6-11-19/h4-8,10-13H,3,9,14-17H2,1-2H3. The van der Waals surface area contributed by atoms with Crippen LogP contribution in [0.2, 0.25) is 0 Å². The highest BCUT2D eigenvalue weighted by molar-refractivity contribution is 6.04. The fourth-order valence-electron chi connectivity index (χ4n) is 4.33. The van der Waals surface area contributed by atoms with Gasteiger partial charge in [-0.15, -0.1) is 0 Å². The van der Waals surface area contributed by atoms with Crippen molar-refractivity contribution >= 4 is 33.2 Å². The van der Waals surface area contributed by atoms with E-state index in [0.29, 0.717) is 54.3 Å². The molecule has 0 radical (unpaired) electrons. The van der Waals surface area contributed by atoms with Crippen LogP contribution in [-0.4, -0.2) is 37.3 Å². The van der Waals surface area contributed by atoms with Crippen molar-refractivity contribution in [2.45, 2.75) is 39.8 Å². The van der Waals surface area contributed by atoms with E-state index in [4.69, 9.17) is 19.7 Å². The molecule has 0 N–H and O–H groups in total. The Balaban J connectivity index is 1.69. The first kappa shape index (κ1) is 21.3. The van der Waals surface area contributed by atoms with E-state index in [0.717, 1.165) is 23.9 Å². The molecule has 0 saturated carbocycles. The predicted octanol–water partition coefficient (Wildman–Crippen LogP) is 4.27. The Labute approximate surface area is 191 Å². The summed E-state index contributed by atoms with van der Waals surface area (Å²) in [5.74, 6) is 0.692. The molecule has 5 aromatic rings. The Kier molecular flexibility index (Phi) is 5.88. The molecule has 3 heterocycles. The second-order valence-corrected chi connectivity index (χ2v) is 8.14. The monoisotopic (exact) mass is 441 g/mol. The van der Waals surface area contributed by atoms with Gasteiger partial charge in [0.05, 0.1) is 11.0 Å². The molecule has 7 heteroatoms. The highest BCUT2D eigenvalue weighted by Crippen LogP contribution is 2.26. The molecule has 0 amide bonds. The van der Waals surface area contributed by atoms with Crippen LogP contribution >= 0.6 is 0 Å². The van der Waals surface area contributed by atoms with Crippen LogP contribution in [0.1, 0.15) is 24.7 Å². The second kappa shape index (κ2) is 9.11. The van der Waals surface area contributed by atoms with E-state index in [-0.39, 0.29) is 5.56 Å². The molecule has 7 nitrogen and oxygen atoms in total. The average Bonchev–Trinajstić information content (AvgIpc) is 3.13. The Morgan fingerprint density at radius 3 is 2.33 bits per heavy atom. The van der Waals surface area contributed by atoms with Crippen molar-refractivity contribution in [2.24, 2.45) is 0 Å². The third-order valence-electron chi connectivity index (χ3n) is 5.98. The van der Waals surface area contributed by atoms with Crippen LogP contribution in [0.5, 0.6) is 0 Å². The number of hydrogen-bond donors (Lipinski definition) is 0. The van der Waals surface area contributed by atoms with Crippen molar-refractivity contribution in [2.75, 3.05) is 13.2 Å². The van der Waals surface area contributed by atoms with Crippen LogP contribution < -0.4 is 5.56 Å². The fraction of sp³-hybridized carbons (Fsp3) is 0.308. The smallest absolute Gasteiger partial charge is 0.265 e. The van der Waals surface area contributed by atoms with Crippen molar-refractivity contribution in [3.8, 4) is 0 Å². The van der Waals surface area contributed by atoms with Gasteiger partial charge in [0.2, 0.25) is 0 Å². The van der Waals surface area contributed by atoms with Gasteiger partial charge in [-0.3, -0.25) is 9.36 Å². The van der Waals surface area contributed by atoms with E-state index < -0.39 is 0 Å². The number of nitrogens with zero attached hydrogens (tertiary/aromatic N) is 5. The van der Waals surface area contributed by atoms with Gasteiger partial charge in [0.25, 0.3) is 5.56 Å². The SMILES string of the molecule is CCOCCCn1c(C)nc2c(c1=O)c1nc3ccccc3nc1n2CCc1ccccc1. The third kappa shape index (κ3) is 4.00. The zero-order valence-corrected chi connectivity index (χ0v) is 19.0. The van der Waals surface area contributed by atoms with Crippen LogP contribution in [0.3, 0.4) is 0 Å². The molecule has 0 aliphatic heterocycles. The Hall–Kier alpha value is -3.58. The minimum absolute atomic E-state index is 0.0676. The number of aromatic nitrogens is 5. The first-order chi connectivity index (χ1) is 16.2. The van der Waals surface area contributed by atoms with Crippen molar-refractivity contribution < 1.29 is 4.74 Å². The van der Waals surface area contributed by atoms with Crippen molar-refractivity contribution in [1.29, 1.82) is 0 Å². The summed E-state index contributed by atoms with van der Waals surface area (Å²) in [6.45, 7) is 6.37. The lowest BCUT2D eigenvalue weighted by Gasteiger charge is -2.11. The zero-order chi connectivity index (χ0) is 22.8. The number of ether oxygens (including phenoxy) is 1. The summed E-state index contributed by atoms with van der Waals surface area (Å²) < 4.78 is 9.24. The lowest BCUT2D eigenvalue weighted by Crippen LogP contribution is -2.25. The van der Waals surface area contributed by atoms with Crippen molar-refractivity contribution in [3.63, 3.8) is 0 Å². The maximum atomic E-state index is 13.7. The Bertz CT molecular complexity index is 1490. The summed E-state index contributed by atoms with van der Waals surface area (Å²) in [6.07, 6.45) is 1.56. The molecule has 0 saturated heterocycles. The molecule has 0 bridgehead atoms. The maximum absolute atomic E-state index is 13.7. The maximum Gasteiger partial charge on any atom is 0.265 e. The summed E-state index contributed by atoms with van der Waals surface area (Å²) in [4.78, 5) is 28.3. The van der Waals surface area contributed by atoms with E-state index in [2.05, 4.69) is 16.7 Å². The lowest BCUT2D eigenvalue weighted by atomic mass is 10.1. The van der Waals surface area contributed by atoms with E-state index >= 15 is 0 Å². The summed E-state index contributed by atoms with van der Waals surface area (Å²) in [7, 11) is 0. The minimum Gasteiger partial charge on any atom is -0.382 e. The summed E-state index contributed by atoms with van der Waals surface area (Å²) in [6, 6.07) is 18.1. The molecule has 0 atom stereocenters. The Morgan fingerprint density at radius 2 is 1.58 bits per heavy atom. The van der Waals surface area contributed by atoms with E-state index in [1.807, 2.05) is 56.3 Å². The van der Waals surface area contributed by atoms with Gasteiger partial charge in [-0.2, -0.15) is 0 Å². The summed E-state index contributed by atoms with van der Waals surface area (Å²) in [5, 5.41) is 0.540. The highest BCUT2D eigenvalue weighted by Gasteiger charge is 2.21. The highest BCUT2D eigenvalue weighted by atomic mass is 16.5. The molecular weight excluding hydrogens is 414 g/mol.